The number of carbonyl (C=O) groups excluding carboxylic acids is 1. The molecular weight excluding hydrogens is 369 g/mol. The summed E-state index contributed by atoms with van der Waals surface area (Å²) in [5.74, 6) is -0.776. The molecule has 5 nitrogen and oxygen atoms in total. The van der Waals surface area contributed by atoms with E-state index in [0.29, 0.717) is 16.6 Å². The number of nitrogens with two attached hydrogens (primary N) is 1. The van der Waals surface area contributed by atoms with Gasteiger partial charge in [0.15, 0.2) is 5.69 Å². The van der Waals surface area contributed by atoms with Gasteiger partial charge in [-0.1, -0.05) is 24.3 Å². The van der Waals surface area contributed by atoms with E-state index in [1.54, 1.807) is 24.4 Å². The molecule has 2 N–H and O–H groups in total. The standard InChI is InChI=1S/C20H13F3N4O/c21-20(22,23)12-4-1-5-13(10-12)27-11-16(18(26-27)19(24)28)14-6-2-8-17-15(14)7-3-9-25-17/h1-11H,(H2,24,28). The van der Waals surface area contributed by atoms with Crippen LogP contribution in [0.15, 0.2) is 67.0 Å². The van der Waals surface area contributed by atoms with Crippen molar-refractivity contribution in [1.82, 2.24) is 14.8 Å². The van der Waals surface area contributed by atoms with Gasteiger partial charge in [-0.2, -0.15) is 18.3 Å². The van der Waals surface area contributed by atoms with Gasteiger partial charge in [0.05, 0.1) is 16.8 Å². The molecule has 0 aliphatic rings. The van der Waals surface area contributed by atoms with Gasteiger partial charge < -0.3 is 5.73 Å². The third-order valence-corrected chi connectivity index (χ3v) is 4.32. The quantitative estimate of drug-likeness (QED) is 0.577. The lowest BCUT2D eigenvalue weighted by molar-refractivity contribution is -0.137. The topological polar surface area (TPSA) is 73.8 Å². The molecule has 0 radical (unpaired) electrons. The summed E-state index contributed by atoms with van der Waals surface area (Å²) < 4.78 is 40.3. The average Bonchev–Trinajstić information content (AvgIpc) is 3.12. The maximum absolute atomic E-state index is 13.0. The predicted molar refractivity (Wildman–Crippen MR) is 97.8 cm³/mol. The van der Waals surface area contributed by atoms with Crippen LogP contribution < -0.4 is 5.73 Å². The van der Waals surface area contributed by atoms with Gasteiger partial charge in [-0.25, -0.2) is 4.68 Å². The lowest BCUT2D eigenvalue weighted by Gasteiger charge is -2.08. The molecule has 4 rings (SSSR count). The fourth-order valence-electron chi connectivity index (χ4n) is 3.05. The van der Waals surface area contributed by atoms with Gasteiger partial charge in [0, 0.05) is 23.3 Å². The second kappa shape index (κ2) is 6.49. The molecule has 0 aliphatic heterocycles. The summed E-state index contributed by atoms with van der Waals surface area (Å²) in [6.07, 6.45) is -1.34. The summed E-state index contributed by atoms with van der Waals surface area (Å²) in [7, 11) is 0. The number of carbonyl (C=O) groups is 1. The Morgan fingerprint density at radius 3 is 2.54 bits per heavy atom. The Morgan fingerprint density at radius 2 is 1.79 bits per heavy atom. The summed E-state index contributed by atoms with van der Waals surface area (Å²) in [6, 6.07) is 13.7. The Labute approximate surface area is 157 Å². The number of benzene rings is 2. The molecule has 0 unspecified atom stereocenters. The van der Waals surface area contributed by atoms with Crippen molar-refractivity contribution in [2.45, 2.75) is 6.18 Å². The van der Waals surface area contributed by atoms with Crippen LogP contribution >= 0.6 is 0 Å². The predicted octanol–water partition coefficient (Wildman–Crippen LogP) is 4.21. The van der Waals surface area contributed by atoms with E-state index in [1.165, 1.54) is 23.0 Å². The minimum absolute atomic E-state index is 0.0336. The summed E-state index contributed by atoms with van der Waals surface area (Å²) in [4.78, 5) is 16.2. The third kappa shape index (κ3) is 3.09. The van der Waals surface area contributed by atoms with Gasteiger partial charge in [0.2, 0.25) is 0 Å². The molecule has 0 spiro atoms. The van der Waals surface area contributed by atoms with E-state index in [2.05, 4.69) is 10.1 Å². The van der Waals surface area contributed by atoms with Crippen LogP contribution in [-0.2, 0) is 6.18 Å². The number of nitrogens with zero attached hydrogens (tertiary/aromatic N) is 3. The van der Waals surface area contributed by atoms with E-state index >= 15 is 0 Å². The van der Waals surface area contributed by atoms with Crippen molar-refractivity contribution < 1.29 is 18.0 Å². The number of halogens is 3. The van der Waals surface area contributed by atoms with Crippen molar-refractivity contribution in [2.24, 2.45) is 5.73 Å². The average molecular weight is 382 g/mol. The fraction of sp³-hybridized carbons (Fsp3) is 0.0500. The molecular formula is C20H13F3N4O. The summed E-state index contributed by atoms with van der Waals surface area (Å²) in [5, 5.41) is 4.91. The Morgan fingerprint density at radius 1 is 1.00 bits per heavy atom. The van der Waals surface area contributed by atoms with E-state index in [-0.39, 0.29) is 11.4 Å². The molecule has 1 amide bonds. The zero-order valence-corrected chi connectivity index (χ0v) is 14.3. The smallest absolute Gasteiger partial charge is 0.364 e. The molecule has 4 aromatic rings. The Kier molecular flexibility index (Phi) is 4.11. The molecule has 2 aromatic carbocycles. The Bertz CT molecular complexity index is 1190. The van der Waals surface area contributed by atoms with Crippen molar-refractivity contribution >= 4 is 16.8 Å². The lowest BCUT2D eigenvalue weighted by atomic mass is 10.0. The summed E-state index contributed by atoms with van der Waals surface area (Å²) in [6.45, 7) is 0. The largest absolute Gasteiger partial charge is 0.416 e. The number of amides is 1. The molecule has 28 heavy (non-hydrogen) atoms. The number of rotatable bonds is 3. The van der Waals surface area contributed by atoms with Crippen LogP contribution in [0.3, 0.4) is 0 Å². The number of hydrogen-bond donors (Lipinski definition) is 1. The molecule has 140 valence electrons. The Hall–Kier alpha value is -3.68. The monoisotopic (exact) mass is 382 g/mol. The van der Waals surface area contributed by atoms with E-state index in [4.69, 9.17) is 5.73 Å². The van der Waals surface area contributed by atoms with Gasteiger partial charge in [0.1, 0.15) is 0 Å². The minimum atomic E-state index is -4.49. The number of hydrogen-bond acceptors (Lipinski definition) is 3. The minimum Gasteiger partial charge on any atom is -0.364 e. The first-order chi connectivity index (χ1) is 13.3. The number of fused-ring (bicyclic) bond motifs is 1. The van der Waals surface area contributed by atoms with Gasteiger partial charge in [-0.05, 0) is 35.9 Å². The van der Waals surface area contributed by atoms with Gasteiger partial charge in [-0.3, -0.25) is 9.78 Å². The van der Waals surface area contributed by atoms with Gasteiger partial charge in [0.25, 0.3) is 5.91 Å². The molecule has 0 saturated carbocycles. The lowest BCUT2D eigenvalue weighted by Crippen LogP contribution is -2.13. The second-order valence-electron chi connectivity index (χ2n) is 6.12. The summed E-state index contributed by atoms with van der Waals surface area (Å²) in [5.41, 5.74) is 6.60. The molecule has 0 atom stereocenters. The molecule has 8 heteroatoms. The van der Waals surface area contributed by atoms with Crippen molar-refractivity contribution in [3.63, 3.8) is 0 Å². The molecule has 2 aromatic heterocycles. The maximum atomic E-state index is 13.0. The maximum Gasteiger partial charge on any atom is 0.416 e. The van der Waals surface area contributed by atoms with E-state index < -0.39 is 17.6 Å². The van der Waals surface area contributed by atoms with Crippen molar-refractivity contribution in [2.75, 3.05) is 0 Å². The van der Waals surface area contributed by atoms with Crippen LogP contribution in [0, 0.1) is 0 Å². The number of pyridine rings is 1. The Balaban J connectivity index is 1.91. The second-order valence-corrected chi connectivity index (χ2v) is 6.12. The zero-order chi connectivity index (χ0) is 19.9. The van der Waals surface area contributed by atoms with E-state index in [9.17, 15) is 18.0 Å². The number of alkyl halides is 3. The van der Waals surface area contributed by atoms with Gasteiger partial charge in [-0.15, -0.1) is 0 Å². The highest BCUT2D eigenvalue weighted by Crippen LogP contribution is 2.33. The van der Waals surface area contributed by atoms with Crippen molar-refractivity contribution in [3.8, 4) is 16.8 Å². The SMILES string of the molecule is NC(=O)c1nn(-c2cccc(C(F)(F)F)c2)cc1-c1cccc2ncccc12. The van der Waals surface area contributed by atoms with E-state index in [1.807, 2.05) is 12.1 Å². The van der Waals surface area contributed by atoms with Crippen LogP contribution in [0.1, 0.15) is 16.1 Å². The number of primary amides is 1. The first kappa shape index (κ1) is 17.7. The van der Waals surface area contributed by atoms with Gasteiger partial charge >= 0.3 is 6.18 Å². The summed E-state index contributed by atoms with van der Waals surface area (Å²) >= 11 is 0. The highest BCUT2D eigenvalue weighted by molar-refractivity contribution is 6.03. The molecule has 0 aliphatic carbocycles. The first-order valence-corrected chi connectivity index (χ1v) is 8.26. The fourth-order valence-corrected chi connectivity index (χ4v) is 3.05. The van der Waals surface area contributed by atoms with Crippen LogP contribution in [0.2, 0.25) is 0 Å². The highest BCUT2D eigenvalue weighted by atomic mass is 19.4. The number of aromatic nitrogens is 3. The first-order valence-electron chi connectivity index (χ1n) is 8.26. The molecule has 2 heterocycles. The van der Waals surface area contributed by atoms with Crippen LogP contribution in [0.5, 0.6) is 0 Å². The van der Waals surface area contributed by atoms with E-state index in [0.717, 1.165) is 17.5 Å². The molecule has 0 bridgehead atoms. The van der Waals surface area contributed by atoms with Crippen molar-refractivity contribution in [1.29, 1.82) is 0 Å². The zero-order valence-electron chi connectivity index (χ0n) is 14.3. The van der Waals surface area contributed by atoms with Crippen LogP contribution in [0.4, 0.5) is 13.2 Å². The molecule has 0 fully saturated rings. The van der Waals surface area contributed by atoms with Crippen molar-refractivity contribution in [3.05, 3.63) is 78.2 Å². The normalized spacial score (nSPS) is 11.7. The highest BCUT2D eigenvalue weighted by Gasteiger charge is 2.30. The van der Waals surface area contributed by atoms with Crippen LogP contribution in [0.25, 0.3) is 27.7 Å². The van der Waals surface area contributed by atoms with Crippen LogP contribution in [-0.4, -0.2) is 20.7 Å². The molecule has 0 saturated heterocycles. The third-order valence-electron chi connectivity index (χ3n) is 4.32.